The van der Waals surface area contributed by atoms with Crippen molar-refractivity contribution in [1.82, 2.24) is 31.1 Å². The third-order valence-corrected chi connectivity index (χ3v) is 23.5. The van der Waals surface area contributed by atoms with E-state index in [0.29, 0.717) is 70.7 Å². The molecule has 0 saturated heterocycles. The quantitative estimate of drug-likeness (QED) is 0.104. The van der Waals surface area contributed by atoms with E-state index in [1.54, 1.807) is 14.1 Å². The van der Waals surface area contributed by atoms with Crippen LogP contribution in [0, 0.1) is 94.7 Å². The van der Waals surface area contributed by atoms with E-state index < -0.39 is 0 Å². The molecule has 0 radical (unpaired) electrons. The van der Waals surface area contributed by atoms with Crippen LogP contribution >= 0.6 is 0 Å². The van der Waals surface area contributed by atoms with Crippen LogP contribution in [-0.2, 0) is 38.4 Å². The molecule has 0 aromatic carbocycles. The van der Waals surface area contributed by atoms with Crippen LogP contribution in [0.2, 0.25) is 0 Å². The highest BCUT2D eigenvalue weighted by atomic mass is 16.2. The fourth-order valence-corrected chi connectivity index (χ4v) is 15.8. The lowest BCUT2D eigenvalue weighted by Crippen LogP contribution is -2.37. The molecule has 8 aliphatic carbocycles. The molecule has 114 heavy (non-hydrogen) atoms. The minimum atomic E-state index is 0.233. The van der Waals surface area contributed by atoms with E-state index in [9.17, 15) is 38.4 Å². The lowest BCUT2D eigenvalue weighted by molar-refractivity contribution is -0.137. The number of amides is 6. The molecule has 14 heteroatoms. The van der Waals surface area contributed by atoms with Gasteiger partial charge in [-0.1, -0.05) is 220 Å². The number of nitrogens with one attached hydrogen (secondary N) is 4. The van der Waals surface area contributed by atoms with Gasteiger partial charge in [-0.25, -0.2) is 0 Å². The summed E-state index contributed by atoms with van der Waals surface area (Å²) in [5, 5.41) is 11.2. The third-order valence-electron chi connectivity index (χ3n) is 23.5. The molecule has 8 rings (SSSR count). The monoisotopic (exact) mass is 1620 g/mol. The van der Waals surface area contributed by atoms with Crippen LogP contribution in [0.4, 0.5) is 0 Å². The van der Waals surface area contributed by atoms with Crippen molar-refractivity contribution in [1.29, 1.82) is 0 Å². The van der Waals surface area contributed by atoms with Gasteiger partial charge in [0.2, 0.25) is 35.4 Å². The summed E-state index contributed by atoms with van der Waals surface area (Å²) in [5.74, 6) is 12.2. The second-order valence-electron chi connectivity index (χ2n) is 32.1. The molecule has 0 atom stereocenters. The maximum atomic E-state index is 12.2. The smallest absolute Gasteiger partial charge is 0.225 e. The SMILES string of the molecule is CC.CC.CC.CC.CC.CC.CC.CC.CCC(=O)C1CCC(C)CC1.CCC(=O)C1CCC(C)CC1.CCCN(CC)C(=O)C1CCC(C)CC1.CCCN(CC)C(=O)C1CCC(C)CC1.CCNC(=O)C1CCC(C)CC1.CCNC(=O)C1CCC(C)CC1.CNC(=O)C1CCC(C)CC1.CNC(=O)C1CCC(C)CC1. The van der Waals surface area contributed by atoms with Gasteiger partial charge in [-0.3, -0.25) is 38.4 Å². The van der Waals surface area contributed by atoms with Gasteiger partial charge in [0.1, 0.15) is 11.6 Å². The van der Waals surface area contributed by atoms with Crippen LogP contribution in [0.5, 0.6) is 0 Å². The first-order chi connectivity index (χ1) is 54.8. The summed E-state index contributed by atoms with van der Waals surface area (Å²) in [7, 11) is 3.45. The second-order valence-corrected chi connectivity index (χ2v) is 32.1. The summed E-state index contributed by atoms with van der Waals surface area (Å²) in [5.41, 5.74) is 0. The lowest BCUT2D eigenvalue weighted by Gasteiger charge is -2.30. The summed E-state index contributed by atoms with van der Waals surface area (Å²) >= 11 is 0. The van der Waals surface area contributed by atoms with Crippen molar-refractivity contribution in [2.45, 2.75) is 453 Å². The van der Waals surface area contributed by atoms with Gasteiger partial charge < -0.3 is 31.1 Å². The van der Waals surface area contributed by atoms with E-state index in [1.807, 2.05) is 148 Å². The van der Waals surface area contributed by atoms with Crippen molar-refractivity contribution in [3.05, 3.63) is 0 Å². The van der Waals surface area contributed by atoms with Crippen LogP contribution in [0.3, 0.4) is 0 Å². The first-order valence-corrected chi connectivity index (χ1v) is 49.4. The molecular weight excluding hydrogens is 1410 g/mol. The van der Waals surface area contributed by atoms with Gasteiger partial charge in [-0.05, 0) is 268 Å². The number of rotatable bonds is 18. The van der Waals surface area contributed by atoms with Crippen LogP contribution in [-0.4, -0.2) is 110 Å². The highest BCUT2D eigenvalue weighted by molar-refractivity contribution is 5.82. The van der Waals surface area contributed by atoms with E-state index in [-0.39, 0.29) is 23.6 Å². The predicted octanol–water partition coefficient (Wildman–Crippen LogP) is 27.0. The summed E-state index contributed by atoms with van der Waals surface area (Å²) < 4.78 is 0. The Morgan fingerprint density at radius 3 is 0.535 bits per heavy atom. The zero-order valence-corrected chi connectivity index (χ0v) is 83.1. The zero-order valence-electron chi connectivity index (χ0n) is 83.1. The van der Waals surface area contributed by atoms with Crippen LogP contribution in [0.15, 0.2) is 0 Å². The molecule has 684 valence electrons. The van der Waals surface area contributed by atoms with Gasteiger partial charge in [-0.2, -0.15) is 0 Å². The molecule has 4 N–H and O–H groups in total. The van der Waals surface area contributed by atoms with Crippen molar-refractivity contribution < 1.29 is 38.4 Å². The fraction of sp³-hybridized carbons (Fsp3) is 0.920. The van der Waals surface area contributed by atoms with Gasteiger partial charge in [-0.15, -0.1) is 0 Å². The van der Waals surface area contributed by atoms with E-state index in [0.717, 1.165) is 215 Å². The predicted molar refractivity (Wildman–Crippen MR) is 501 cm³/mol. The van der Waals surface area contributed by atoms with Gasteiger partial charge in [0.15, 0.2) is 0 Å². The molecule has 14 nitrogen and oxygen atoms in total. The van der Waals surface area contributed by atoms with Crippen molar-refractivity contribution >= 4 is 47.0 Å². The van der Waals surface area contributed by atoms with E-state index in [4.69, 9.17) is 0 Å². The van der Waals surface area contributed by atoms with Crippen LogP contribution in [0.1, 0.15) is 453 Å². The number of ketones is 2. The van der Waals surface area contributed by atoms with Gasteiger partial charge in [0, 0.05) is 114 Å². The highest BCUT2D eigenvalue weighted by Crippen LogP contribution is 2.35. The molecule has 8 aliphatic rings. The molecule has 0 aliphatic heterocycles. The molecule has 8 fully saturated rings. The minimum absolute atomic E-state index is 0.233. The number of hydrogen-bond donors (Lipinski definition) is 4. The average Bonchev–Trinajstić information content (AvgIpc) is 0.853. The first kappa shape index (κ1) is 126. The number of carbonyl (C=O) groups excluding carboxylic acids is 8. The van der Waals surface area contributed by atoms with Crippen molar-refractivity contribution in [3.8, 4) is 0 Å². The Bertz CT molecular complexity index is 1900. The van der Waals surface area contributed by atoms with Gasteiger partial charge in [0.25, 0.3) is 0 Å². The lowest BCUT2D eigenvalue weighted by atomic mass is 9.80. The summed E-state index contributed by atoms with van der Waals surface area (Å²) in [6, 6.07) is 0. The zero-order chi connectivity index (χ0) is 89.5. The Morgan fingerprint density at radius 2 is 0.395 bits per heavy atom. The Labute approximate surface area is 713 Å². The molecule has 0 aromatic rings. The summed E-state index contributed by atoms with van der Waals surface area (Å²) in [6.07, 6.45) is 41.1. The normalized spacial score (nSPS) is 25.8. The minimum Gasteiger partial charge on any atom is -0.359 e. The molecule has 6 amide bonds. The van der Waals surface area contributed by atoms with E-state index >= 15 is 0 Å². The van der Waals surface area contributed by atoms with Crippen LogP contribution < -0.4 is 21.3 Å². The molecule has 0 bridgehead atoms. The Kier molecular flexibility index (Phi) is 97.6. The second kappa shape index (κ2) is 88.4. The highest BCUT2D eigenvalue weighted by Gasteiger charge is 2.31. The number of carbonyl (C=O) groups is 8. The average molecular weight is 1620 g/mol. The number of nitrogens with zero attached hydrogens (tertiary/aromatic N) is 2. The first-order valence-electron chi connectivity index (χ1n) is 49.4. The Morgan fingerprint density at radius 1 is 0.237 bits per heavy atom. The summed E-state index contributed by atoms with van der Waals surface area (Å²) in [6.45, 7) is 71.7. The number of hydrogen-bond acceptors (Lipinski definition) is 8. The van der Waals surface area contributed by atoms with Crippen molar-refractivity contribution in [3.63, 3.8) is 0 Å². The Hall–Kier alpha value is -3.84. The molecular formula is C100H206N6O8. The maximum Gasteiger partial charge on any atom is 0.225 e. The Balaban J connectivity index is -0.000000183. The topological polar surface area (TPSA) is 191 Å². The number of Topliss-reactive ketones (excluding diaryl/α,β-unsaturated/α-hetero) is 2. The molecule has 0 heterocycles. The molecule has 0 aromatic heterocycles. The standard InChI is InChI=1S/2C13H25NO.2C10H19NO.2C10H18O.2C9H17NO.8C2H6/c2*1-4-10-14(5-2)13(15)12-8-6-11(3)7-9-12;2*1-3-11-10(12)9-6-4-8(2)5-7-9;2*1-3-10(11)9-6-4-8(2)5-7-9;2*1-7-3-5-8(6-4-7)9(11)10-2;8*1-2/h2*11-12H,4-10H2,1-3H3;2*8-9H,3-7H2,1-2H3,(H,11,12);2*8-9H,3-7H2,1-2H3;2*7-8H,3-6H2,1-2H3,(H,10,11);8*1-2H3. The largest absolute Gasteiger partial charge is 0.359 e. The van der Waals surface area contributed by atoms with Crippen LogP contribution in [0.25, 0.3) is 0 Å². The third kappa shape index (κ3) is 63.2. The molecule has 0 spiro atoms. The van der Waals surface area contributed by atoms with Crippen molar-refractivity contribution in [2.75, 3.05) is 53.4 Å². The molecule has 0 unspecified atom stereocenters. The van der Waals surface area contributed by atoms with Gasteiger partial charge >= 0.3 is 0 Å². The van der Waals surface area contributed by atoms with E-state index in [2.05, 4.69) is 104 Å². The maximum absolute atomic E-state index is 12.2. The molecule has 8 saturated carbocycles. The van der Waals surface area contributed by atoms with Gasteiger partial charge in [0.05, 0.1) is 0 Å². The van der Waals surface area contributed by atoms with E-state index in [1.165, 1.54) is 103 Å². The fourth-order valence-electron chi connectivity index (χ4n) is 15.8. The van der Waals surface area contributed by atoms with Crippen molar-refractivity contribution in [2.24, 2.45) is 94.7 Å². The summed E-state index contributed by atoms with van der Waals surface area (Å²) in [4.78, 5) is 96.0.